The number of hydrogen-bond donors (Lipinski definition) is 1. The SMILES string of the molecule is CCOc1ccc(N(CC(=O)Nc2cccc(OC)c2)S(=O)(=O)c2cc(C)ccc2OC)cc1. The van der Waals surface area contributed by atoms with E-state index in [4.69, 9.17) is 14.2 Å². The maximum absolute atomic E-state index is 13.8. The Hall–Kier alpha value is -3.72. The highest BCUT2D eigenvalue weighted by Crippen LogP contribution is 2.32. The van der Waals surface area contributed by atoms with Gasteiger partial charge in [-0.25, -0.2) is 8.42 Å². The van der Waals surface area contributed by atoms with E-state index in [-0.39, 0.29) is 10.6 Å². The second kappa shape index (κ2) is 10.9. The third kappa shape index (κ3) is 5.79. The van der Waals surface area contributed by atoms with Crippen LogP contribution < -0.4 is 23.8 Å². The van der Waals surface area contributed by atoms with Crippen molar-refractivity contribution in [2.45, 2.75) is 18.7 Å². The second-order valence-corrected chi connectivity index (χ2v) is 9.20. The number of amides is 1. The average molecular weight is 485 g/mol. The number of carbonyl (C=O) groups excluding carboxylic acids is 1. The number of ether oxygens (including phenoxy) is 3. The van der Waals surface area contributed by atoms with Crippen LogP contribution in [0.1, 0.15) is 12.5 Å². The molecule has 9 heteroatoms. The molecule has 34 heavy (non-hydrogen) atoms. The molecule has 0 spiro atoms. The van der Waals surface area contributed by atoms with Crippen LogP contribution in [0, 0.1) is 6.92 Å². The van der Waals surface area contributed by atoms with Gasteiger partial charge in [-0.3, -0.25) is 9.10 Å². The molecule has 1 N–H and O–H groups in total. The molecule has 1 amide bonds. The van der Waals surface area contributed by atoms with E-state index < -0.39 is 22.5 Å². The molecular formula is C25H28N2O6S. The summed E-state index contributed by atoms with van der Waals surface area (Å²) in [5.41, 5.74) is 1.54. The zero-order valence-electron chi connectivity index (χ0n) is 19.6. The van der Waals surface area contributed by atoms with Crippen molar-refractivity contribution in [3.8, 4) is 17.2 Å². The van der Waals surface area contributed by atoms with Gasteiger partial charge in [-0.05, 0) is 67.9 Å². The van der Waals surface area contributed by atoms with Gasteiger partial charge < -0.3 is 19.5 Å². The molecule has 0 aromatic heterocycles. The minimum Gasteiger partial charge on any atom is -0.497 e. The summed E-state index contributed by atoms with van der Waals surface area (Å²) in [6, 6.07) is 18.2. The van der Waals surface area contributed by atoms with Gasteiger partial charge in [0.1, 0.15) is 28.7 Å². The van der Waals surface area contributed by atoms with Gasteiger partial charge in [-0.1, -0.05) is 12.1 Å². The van der Waals surface area contributed by atoms with E-state index in [0.717, 1.165) is 9.87 Å². The zero-order valence-corrected chi connectivity index (χ0v) is 20.4. The smallest absolute Gasteiger partial charge is 0.268 e. The molecule has 0 radical (unpaired) electrons. The van der Waals surface area contributed by atoms with Gasteiger partial charge in [0, 0.05) is 11.8 Å². The largest absolute Gasteiger partial charge is 0.497 e. The summed E-state index contributed by atoms with van der Waals surface area (Å²) in [4.78, 5) is 12.9. The predicted molar refractivity (Wildman–Crippen MR) is 131 cm³/mol. The van der Waals surface area contributed by atoms with E-state index in [0.29, 0.717) is 29.5 Å². The topological polar surface area (TPSA) is 94.2 Å². The minimum atomic E-state index is -4.16. The van der Waals surface area contributed by atoms with Crippen LogP contribution in [0.2, 0.25) is 0 Å². The molecule has 0 aliphatic carbocycles. The third-order valence-corrected chi connectivity index (χ3v) is 6.76. The average Bonchev–Trinajstić information content (AvgIpc) is 2.83. The number of benzene rings is 3. The van der Waals surface area contributed by atoms with E-state index >= 15 is 0 Å². The Morgan fingerprint density at radius 1 is 0.941 bits per heavy atom. The highest BCUT2D eigenvalue weighted by Gasteiger charge is 2.30. The van der Waals surface area contributed by atoms with Gasteiger partial charge >= 0.3 is 0 Å². The standard InChI is InChI=1S/C25H28N2O6S/c1-5-33-21-12-10-20(11-13-21)27(17-25(28)26-19-7-6-8-22(16-19)31-3)34(29,30)24-15-18(2)9-14-23(24)32-4/h6-16H,5,17H2,1-4H3,(H,26,28). The molecule has 8 nitrogen and oxygen atoms in total. The Kier molecular flexibility index (Phi) is 8.01. The zero-order chi connectivity index (χ0) is 24.7. The summed E-state index contributed by atoms with van der Waals surface area (Å²) in [6.45, 7) is 3.67. The molecule has 3 aromatic carbocycles. The number of anilines is 2. The number of methoxy groups -OCH3 is 2. The van der Waals surface area contributed by atoms with Gasteiger partial charge in [0.25, 0.3) is 10.0 Å². The van der Waals surface area contributed by atoms with Crippen molar-refractivity contribution < 1.29 is 27.4 Å². The Balaban J connectivity index is 2.00. The van der Waals surface area contributed by atoms with Gasteiger partial charge in [-0.2, -0.15) is 0 Å². The van der Waals surface area contributed by atoms with Crippen LogP contribution in [-0.4, -0.2) is 41.7 Å². The van der Waals surface area contributed by atoms with Crippen molar-refractivity contribution in [3.05, 3.63) is 72.3 Å². The molecular weight excluding hydrogens is 456 g/mol. The number of aryl methyl sites for hydroxylation is 1. The van der Waals surface area contributed by atoms with Gasteiger partial charge in [0.15, 0.2) is 0 Å². The number of hydrogen-bond acceptors (Lipinski definition) is 6. The molecule has 0 saturated heterocycles. The first-order valence-corrected chi connectivity index (χ1v) is 12.1. The maximum Gasteiger partial charge on any atom is 0.268 e. The van der Waals surface area contributed by atoms with Gasteiger partial charge in [0.2, 0.25) is 5.91 Å². The summed E-state index contributed by atoms with van der Waals surface area (Å²) in [6.07, 6.45) is 0. The number of nitrogens with one attached hydrogen (secondary N) is 1. The first kappa shape index (κ1) is 24.9. The highest BCUT2D eigenvalue weighted by molar-refractivity contribution is 7.93. The summed E-state index contributed by atoms with van der Waals surface area (Å²) in [7, 11) is -1.24. The molecule has 3 rings (SSSR count). The lowest BCUT2D eigenvalue weighted by Crippen LogP contribution is -2.38. The van der Waals surface area contributed by atoms with Crippen LogP contribution in [0.25, 0.3) is 0 Å². The van der Waals surface area contributed by atoms with E-state index in [1.807, 2.05) is 6.92 Å². The van der Waals surface area contributed by atoms with Crippen LogP contribution >= 0.6 is 0 Å². The number of carbonyl (C=O) groups is 1. The lowest BCUT2D eigenvalue weighted by Gasteiger charge is -2.25. The first-order chi connectivity index (χ1) is 16.3. The Morgan fingerprint density at radius 2 is 1.68 bits per heavy atom. The molecule has 0 aliphatic heterocycles. The lowest BCUT2D eigenvalue weighted by atomic mass is 10.2. The molecule has 0 unspecified atom stereocenters. The van der Waals surface area contributed by atoms with E-state index in [2.05, 4.69) is 5.32 Å². The van der Waals surface area contributed by atoms with Crippen molar-refractivity contribution in [1.82, 2.24) is 0 Å². The number of rotatable bonds is 10. The lowest BCUT2D eigenvalue weighted by molar-refractivity contribution is -0.114. The molecule has 0 bridgehead atoms. The molecule has 0 atom stereocenters. The summed E-state index contributed by atoms with van der Waals surface area (Å²) >= 11 is 0. The molecule has 0 heterocycles. The summed E-state index contributed by atoms with van der Waals surface area (Å²) in [5, 5.41) is 2.73. The highest BCUT2D eigenvalue weighted by atomic mass is 32.2. The van der Waals surface area contributed by atoms with Crippen molar-refractivity contribution >= 4 is 27.3 Å². The predicted octanol–water partition coefficient (Wildman–Crippen LogP) is 4.24. The fraction of sp³-hybridized carbons (Fsp3) is 0.240. The molecule has 0 saturated carbocycles. The molecule has 3 aromatic rings. The van der Waals surface area contributed by atoms with Crippen molar-refractivity contribution in [2.24, 2.45) is 0 Å². The normalized spacial score (nSPS) is 10.9. The molecule has 0 aliphatic rings. The fourth-order valence-corrected chi connectivity index (χ4v) is 4.99. The van der Waals surface area contributed by atoms with E-state index in [1.165, 1.54) is 20.3 Å². The number of nitrogens with zero attached hydrogens (tertiary/aromatic N) is 1. The molecule has 180 valence electrons. The van der Waals surface area contributed by atoms with Gasteiger partial charge in [0.05, 0.1) is 26.5 Å². The summed E-state index contributed by atoms with van der Waals surface area (Å²) in [5.74, 6) is 0.836. The second-order valence-electron chi connectivity index (χ2n) is 7.37. The maximum atomic E-state index is 13.8. The Bertz CT molecular complexity index is 1240. The van der Waals surface area contributed by atoms with Crippen LogP contribution in [0.3, 0.4) is 0 Å². The fourth-order valence-electron chi connectivity index (χ4n) is 3.33. The van der Waals surface area contributed by atoms with Crippen molar-refractivity contribution in [2.75, 3.05) is 37.0 Å². The van der Waals surface area contributed by atoms with Crippen molar-refractivity contribution in [3.63, 3.8) is 0 Å². The van der Waals surface area contributed by atoms with Crippen LogP contribution in [0.15, 0.2) is 71.6 Å². The first-order valence-electron chi connectivity index (χ1n) is 10.6. The van der Waals surface area contributed by atoms with Crippen LogP contribution in [-0.2, 0) is 14.8 Å². The Morgan fingerprint density at radius 3 is 2.32 bits per heavy atom. The van der Waals surface area contributed by atoms with E-state index in [1.54, 1.807) is 67.6 Å². The Labute approximate surface area is 200 Å². The van der Waals surface area contributed by atoms with Crippen molar-refractivity contribution in [1.29, 1.82) is 0 Å². The van der Waals surface area contributed by atoms with Gasteiger partial charge in [-0.15, -0.1) is 0 Å². The third-order valence-electron chi connectivity index (χ3n) is 4.96. The molecule has 0 fully saturated rings. The minimum absolute atomic E-state index is 0.0296. The summed E-state index contributed by atoms with van der Waals surface area (Å²) < 4.78 is 44.6. The van der Waals surface area contributed by atoms with E-state index in [9.17, 15) is 13.2 Å². The van der Waals surface area contributed by atoms with Crippen LogP contribution in [0.5, 0.6) is 17.2 Å². The van der Waals surface area contributed by atoms with Crippen LogP contribution in [0.4, 0.5) is 11.4 Å². The quantitative estimate of drug-likeness (QED) is 0.463. The number of sulfonamides is 1. The monoisotopic (exact) mass is 484 g/mol.